The van der Waals surface area contributed by atoms with Gasteiger partial charge in [-0.05, 0) is 42.9 Å². The van der Waals surface area contributed by atoms with Crippen molar-refractivity contribution in [3.8, 4) is 0 Å². The smallest absolute Gasteiger partial charge is 0.267 e. The third-order valence-corrected chi connectivity index (χ3v) is 7.20. The molecule has 0 saturated carbocycles. The van der Waals surface area contributed by atoms with E-state index in [4.69, 9.17) is 21.9 Å². The maximum atomic E-state index is 13.6. The summed E-state index contributed by atoms with van der Waals surface area (Å²) >= 11 is 6.62. The number of anilines is 1. The Kier molecular flexibility index (Phi) is 6.69. The molecule has 2 fully saturated rings. The van der Waals surface area contributed by atoms with Crippen molar-refractivity contribution in [2.24, 2.45) is 11.8 Å². The van der Waals surface area contributed by atoms with Gasteiger partial charge in [-0.15, -0.1) is 0 Å². The first kappa shape index (κ1) is 22.9. The van der Waals surface area contributed by atoms with Crippen molar-refractivity contribution in [3.05, 3.63) is 44.7 Å². The van der Waals surface area contributed by atoms with Crippen LogP contribution in [0, 0.1) is 18.8 Å². The molecule has 2 saturated heterocycles. The van der Waals surface area contributed by atoms with E-state index in [0.29, 0.717) is 51.2 Å². The molecule has 0 bridgehead atoms. The van der Waals surface area contributed by atoms with Gasteiger partial charge in [-0.1, -0.05) is 43.9 Å². The van der Waals surface area contributed by atoms with Crippen molar-refractivity contribution in [2.75, 3.05) is 38.3 Å². The number of carbonyl (C=O) groups excluding carboxylic acids is 1. The summed E-state index contributed by atoms with van der Waals surface area (Å²) < 4.78 is 7.14. The predicted molar refractivity (Wildman–Crippen MR) is 133 cm³/mol. The lowest BCUT2D eigenvalue weighted by atomic mass is 9.91. The number of hydrogen-bond donors (Lipinski definition) is 0. The summed E-state index contributed by atoms with van der Waals surface area (Å²) in [6, 6.07) is 3.82. The molecule has 9 heteroatoms. The second-order valence-corrected chi connectivity index (χ2v) is 10.4. The van der Waals surface area contributed by atoms with Crippen LogP contribution in [0.25, 0.3) is 11.7 Å². The van der Waals surface area contributed by atoms with E-state index in [1.165, 1.54) is 16.7 Å². The van der Waals surface area contributed by atoms with Crippen molar-refractivity contribution < 1.29 is 9.53 Å². The van der Waals surface area contributed by atoms with E-state index in [2.05, 4.69) is 18.7 Å². The molecule has 2 aromatic rings. The minimum Gasteiger partial charge on any atom is -0.383 e. The van der Waals surface area contributed by atoms with E-state index in [9.17, 15) is 9.59 Å². The molecule has 2 atom stereocenters. The molecule has 4 heterocycles. The topological polar surface area (TPSA) is 67.2 Å². The molecule has 0 aromatic carbocycles. The predicted octanol–water partition coefficient (Wildman–Crippen LogP) is 3.33. The Balaban J connectivity index is 1.84. The van der Waals surface area contributed by atoms with Gasteiger partial charge in [0.25, 0.3) is 11.5 Å². The molecule has 2 aliphatic heterocycles. The largest absolute Gasteiger partial charge is 0.383 e. The average Bonchev–Trinajstić information content (AvgIpc) is 3.00. The fraction of sp³-hybridized carbons (Fsp3) is 0.478. The van der Waals surface area contributed by atoms with Gasteiger partial charge in [0.15, 0.2) is 0 Å². The number of amides is 1. The fourth-order valence-corrected chi connectivity index (χ4v) is 5.75. The monoisotopic (exact) mass is 472 g/mol. The van der Waals surface area contributed by atoms with Crippen LogP contribution in [-0.4, -0.2) is 57.9 Å². The van der Waals surface area contributed by atoms with Crippen molar-refractivity contribution in [1.82, 2.24) is 14.3 Å². The van der Waals surface area contributed by atoms with Crippen molar-refractivity contribution in [2.45, 2.75) is 27.2 Å². The first-order valence-electron chi connectivity index (χ1n) is 10.8. The summed E-state index contributed by atoms with van der Waals surface area (Å²) in [5, 5.41) is 0. The van der Waals surface area contributed by atoms with Crippen molar-refractivity contribution in [3.63, 3.8) is 0 Å². The number of piperidine rings is 1. The summed E-state index contributed by atoms with van der Waals surface area (Å²) in [6.07, 6.45) is 4.61. The second kappa shape index (κ2) is 9.33. The Hall–Kier alpha value is -2.23. The number of methoxy groups -OCH3 is 1. The van der Waals surface area contributed by atoms with Gasteiger partial charge in [-0.3, -0.25) is 18.9 Å². The molecule has 2 aromatic heterocycles. The van der Waals surface area contributed by atoms with Gasteiger partial charge < -0.3 is 9.64 Å². The number of aryl methyl sites for hydroxylation is 1. The normalized spacial score (nSPS) is 23.1. The molecule has 4 rings (SSSR count). The third-order valence-electron chi connectivity index (χ3n) is 5.82. The van der Waals surface area contributed by atoms with Crippen LogP contribution in [0.1, 0.15) is 31.4 Å². The van der Waals surface area contributed by atoms with E-state index in [1.807, 2.05) is 19.1 Å². The van der Waals surface area contributed by atoms with E-state index < -0.39 is 0 Å². The number of fused-ring (bicyclic) bond motifs is 1. The van der Waals surface area contributed by atoms with Crippen molar-refractivity contribution in [1.29, 1.82) is 0 Å². The molecule has 0 radical (unpaired) electrons. The van der Waals surface area contributed by atoms with Crippen LogP contribution in [-0.2, 0) is 9.53 Å². The number of carbonyl (C=O) groups is 1. The number of aromatic nitrogens is 2. The number of hydrogen-bond acceptors (Lipinski definition) is 7. The first-order chi connectivity index (χ1) is 15.3. The van der Waals surface area contributed by atoms with Gasteiger partial charge in [0, 0.05) is 26.4 Å². The lowest BCUT2D eigenvalue weighted by Gasteiger charge is -2.36. The third kappa shape index (κ3) is 4.46. The Bertz CT molecular complexity index is 1150. The summed E-state index contributed by atoms with van der Waals surface area (Å²) in [4.78, 5) is 35.6. The van der Waals surface area contributed by atoms with E-state index >= 15 is 0 Å². The number of nitrogens with zero attached hydrogens (tertiary/aromatic N) is 4. The second-order valence-electron chi connectivity index (χ2n) is 8.77. The Morgan fingerprint density at radius 2 is 1.97 bits per heavy atom. The van der Waals surface area contributed by atoms with Crippen LogP contribution < -0.4 is 10.5 Å². The van der Waals surface area contributed by atoms with Crippen LogP contribution in [0.15, 0.2) is 28.0 Å². The Morgan fingerprint density at radius 3 is 2.66 bits per heavy atom. The van der Waals surface area contributed by atoms with Gasteiger partial charge in [-0.2, -0.15) is 0 Å². The minimum atomic E-state index is -0.197. The summed E-state index contributed by atoms with van der Waals surface area (Å²) in [5.74, 6) is 1.44. The number of rotatable bonds is 5. The van der Waals surface area contributed by atoms with Gasteiger partial charge in [0.2, 0.25) is 0 Å². The molecule has 0 spiro atoms. The Labute approximate surface area is 197 Å². The standard InChI is InChI=1S/C23H28N4O3S2/c1-14-5-6-19-24-20(25-11-15(2)9-16(3)12-25)17(21(28)27(19)13-14)10-18-22(29)26(7-8-30-4)23(31)32-18/h5-6,10,13,15-16H,7-9,11-12H2,1-4H3/b18-10-/t15-,16-/m1/s1. The highest BCUT2D eigenvalue weighted by atomic mass is 32.2. The number of thioether (sulfide) groups is 1. The quantitative estimate of drug-likeness (QED) is 0.488. The Morgan fingerprint density at radius 1 is 1.25 bits per heavy atom. The molecule has 0 unspecified atom stereocenters. The molecule has 0 N–H and O–H groups in total. The van der Waals surface area contributed by atoms with Crippen LogP contribution in [0.2, 0.25) is 0 Å². The molecule has 32 heavy (non-hydrogen) atoms. The van der Waals surface area contributed by atoms with E-state index in [1.54, 1.807) is 23.8 Å². The van der Waals surface area contributed by atoms with Crippen LogP contribution in [0.4, 0.5) is 5.82 Å². The average molecular weight is 473 g/mol. The molecular formula is C23H28N4O3S2. The van der Waals surface area contributed by atoms with Gasteiger partial charge >= 0.3 is 0 Å². The van der Waals surface area contributed by atoms with Crippen molar-refractivity contribution >= 4 is 51.7 Å². The molecule has 1 amide bonds. The fourth-order valence-electron chi connectivity index (χ4n) is 4.46. The molecule has 2 aliphatic rings. The molecule has 0 aliphatic carbocycles. The summed E-state index contributed by atoms with van der Waals surface area (Å²) in [7, 11) is 1.59. The maximum absolute atomic E-state index is 13.6. The lowest BCUT2D eigenvalue weighted by molar-refractivity contribution is -0.122. The number of pyridine rings is 1. The first-order valence-corrected chi connectivity index (χ1v) is 12.0. The van der Waals surface area contributed by atoms with Gasteiger partial charge in [0.1, 0.15) is 15.8 Å². The highest BCUT2D eigenvalue weighted by Crippen LogP contribution is 2.34. The van der Waals surface area contributed by atoms with Crippen LogP contribution in [0.3, 0.4) is 0 Å². The van der Waals surface area contributed by atoms with Gasteiger partial charge in [-0.25, -0.2) is 4.98 Å². The van der Waals surface area contributed by atoms with Crippen LogP contribution >= 0.6 is 24.0 Å². The molecular weight excluding hydrogens is 444 g/mol. The van der Waals surface area contributed by atoms with Gasteiger partial charge in [0.05, 0.1) is 23.6 Å². The summed E-state index contributed by atoms with van der Waals surface area (Å²) in [6.45, 7) is 8.83. The zero-order valence-corrected chi connectivity index (χ0v) is 20.5. The number of ether oxygens (including phenoxy) is 1. The van der Waals surface area contributed by atoms with E-state index in [-0.39, 0.29) is 11.5 Å². The highest BCUT2D eigenvalue weighted by molar-refractivity contribution is 8.26. The SMILES string of the molecule is COCCN1C(=O)/C(=C/c2c(N3C[C@H](C)C[C@@H](C)C3)nc3ccc(C)cn3c2=O)SC1=S. The number of thiocarbonyl (C=S) groups is 1. The minimum absolute atomic E-state index is 0.179. The molecule has 170 valence electrons. The molecule has 7 nitrogen and oxygen atoms in total. The summed E-state index contributed by atoms with van der Waals surface area (Å²) in [5.41, 5.74) is 1.82. The maximum Gasteiger partial charge on any atom is 0.267 e. The zero-order valence-electron chi connectivity index (χ0n) is 18.8. The van der Waals surface area contributed by atoms with E-state index in [0.717, 1.165) is 25.1 Å². The van der Waals surface area contributed by atoms with Crippen LogP contribution in [0.5, 0.6) is 0 Å². The lowest BCUT2D eigenvalue weighted by Crippen LogP contribution is -2.40. The zero-order chi connectivity index (χ0) is 23.0. The highest BCUT2D eigenvalue weighted by Gasteiger charge is 2.33.